The van der Waals surface area contributed by atoms with Crippen molar-refractivity contribution >= 4 is 24.7 Å². The van der Waals surface area contributed by atoms with Gasteiger partial charge in [0.05, 0.1) is 19.1 Å². The van der Waals surface area contributed by atoms with Gasteiger partial charge in [0.15, 0.2) is 22.7 Å². The number of nitrogens with one attached hydrogen (secondary N) is 1. The number of aromatic amines is 1. The Morgan fingerprint density at radius 1 is 1.02 bits per heavy atom. The molecule has 0 aliphatic rings. The van der Waals surface area contributed by atoms with Crippen LogP contribution in [0.3, 0.4) is 0 Å². The number of nitrogen functional groups attached to an aromatic ring is 1. The van der Waals surface area contributed by atoms with E-state index in [4.69, 9.17) is 23.6 Å². The highest BCUT2D eigenvalue weighted by molar-refractivity contribution is 7.53. The summed E-state index contributed by atoms with van der Waals surface area (Å²) in [7, 11) is -3.78. The first-order chi connectivity index (χ1) is 19.3. The first kappa shape index (κ1) is 27.3. The van der Waals surface area contributed by atoms with Crippen LogP contribution in [0.15, 0.2) is 79.3 Å². The smallest absolute Gasteiger partial charge is 0.393 e. The van der Waals surface area contributed by atoms with Crippen molar-refractivity contribution in [2.45, 2.75) is 32.6 Å². The van der Waals surface area contributed by atoms with Gasteiger partial charge in [-0.3, -0.25) is 14.3 Å². The Bertz CT molecular complexity index is 1780. The molecule has 3 aromatic heterocycles. The molecule has 12 nitrogen and oxygen atoms in total. The number of unbranched alkanes of at least 4 members (excludes halogenated alkanes) is 1. The highest BCUT2D eigenvalue weighted by Gasteiger charge is 2.27. The maximum atomic E-state index is 13.8. The molecule has 2 aromatic carbocycles. The number of aryl methyl sites for hydroxylation is 1. The van der Waals surface area contributed by atoms with Crippen LogP contribution in [0, 0.1) is 5.82 Å². The van der Waals surface area contributed by atoms with Crippen LogP contribution in [0.5, 0.6) is 0 Å². The van der Waals surface area contributed by atoms with Crippen LogP contribution in [0.1, 0.15) is 24.2 Å². The van der Waals surface area contributed by atoms with Crippen molar-refractivity contribution in [1.82, 2.24) is 19.5 Å². The van der Waals surface area contributed by atoms with Gasteiger partial charge < -0.3 is 28.2 Å². The van der Waals surface area contributed by atoms with E-state index in [0.717, 1.165) is 0 Å². The van der Waals surface area contributed by atoms with Crippen molar-refractivity contribution < 1.29 is 26.8 Å². The number of halogens is 1. The minimum absolute atomic E-state index is 0.00779. The summed E-state index contributed by atoms with van der Waals surface area (Å²) in [6.45, 7) is -0.104. The summed E-state index contributed by atoms with van der Waals surface area (Å²) < 4.78 is 50.9. The number of H-pyrrole nitrogens is 1. The molecule has 0 fully saturated rings. The Labute approximate surface area is 226 Å². The molecule has 0 bridgehead atoms. The van der Waals surface area contributed by atoms with Crippen LogP contribution >= 0.6 is 7.60 Å². The van der Waals surface area contributed by atoms with Crippen LogP contribution in [-0.2, 0) is 33.4 Å². The standard InChI is InChI=1S/C26H25FN5O7P/c27-19-10-6-7-17(13-19)14-36-40(35,37-15-20-22(39-26(34)38-20)18-8-2-1-3-9-18)12-5-4-11-32-16-29-21-23(32)30-25(28)31-24(21)33/h1-3,6-10,13,16H,4-5,11-12,14-15H2,(H3,28,30,31,33). The number of imidazole rings is 1. The molecule has 0 aliphatic carbocycles. The number of rotatable bonds is 12. The maximum absolute atomic E-state index is 13.8. The molecular weight excluding hydrogens is 544 g/mol. The Balaban J connectivity index is 1.29. The summed E-state index contributed by atoms with van der Waals surface area (Å²) in [4.78, 5) is 34.5. The fourth-order valence-corrected chi connectivity index (χ4v) is 5.66. The summed E-state index contributed by atoms with van der Waals surface area (Å²) in [5.41, 5.74) is 6.78. The number of hydrogen-bond donors (Lipinski definition) is 2. The summed E-state index contributed by atoms with van der Waals surface area (Å²) in [6.07, 6.45) is 2.38. The number of anilines is 1. The zero-order chi connectivity index (χ0) is 28.1. The van der Waals surface area contributed by atoms with E-state index in [1.54, 1.807) is 34.9 Å². The SMILES string of the molecule is Nc1nc2c(ncn2CCCCP(=O)(OCc2cccc(F)c2)OCc2oc(=O)oc2-c2ccccc2)c(=O)[nH]1. The predicted octanol–water partition coefficient (Wildman–Crippen LogP) is 4.46. The van der Waals surface area contributed by atoms with E-state index in [9.17, 15) is 18.5 Å². The molecule has 0 saturated heterocycles. The zero-order valence-corrected chi connectivity index (χ0v) is 22.0. The van der Waals surface area contributed by atoms with Gasteiger partial charge in [0, 0.05) is 12.1 Å². The minimum atomic E-state index is -3.78. The van der Waals surface area contributed by atoms with E-state index >= 15 is 0 Å². The number of fused-ring (bicyclic) bond motifs is 1. The van der Waals surface area contributed by atoms with Gasteiger partial charge in [-0.1, -0.05) is 42.5 Å². The van der Waals surface area contributed by atoms with Gasteiger partial charge in [-0.05, 0) is 30.5 Å². The first-order valence-corrected chi connectivity index (χ1v) is 14.0. The van der Waals surface area contributed by atoms with Crippen molar-refractivity contribution in [3.05, 3.63) is 99.0 Å². The van der Waals surface area contributed by atoms with Crippen LogP contribution < -0.4 is 17.1 Å². The third-order valence-corrected chi connectivity index (χ3v) is 7.87. The number of benzene rings is 2. The lowest BCUT2D eigenvalue weighted by atomic mass is 10.1. The molecule has 3 N–H and O–H groups in total. The van der Waals surface area contributed by atoms with E-state index < -0.39 is 24.8 Å². The van der Waals surface area contributed by atoms with Gasteiger partial charge in [-0.2, -0.15) is 4.98 Å². The number of nitrogens with zero attached hydrogens (tertiary/aromatic N) is 3. The van der Waals surface area contributed by atoms with Crippen molar-refractivity contribution in [1.29, 1.82) is 0 Å². The van der Waals surface area contributed by atoms with Crippen molar-refractivity contribution in [2.75, 3.05) is 11.9 Å². The Morgan fingerprint density at radius 3 is 2.62 bits per heavy atom. The zero-order valence-electron chi connectivity index (χ0n) is 21.1. The summed E-state index contributed by atoms with van der Waals surface area (Å²) in [5, 5.41) is 0. The molecule has 0 aliphatic heterocycles. The van der Waals surface area contributed by atoms with E-state index in [-0.39, 0.29) is 42.4 Å². The van der Waals surface area contributed by atoms with E-state index in [1.165, 1.54) is 24.5 Å². The van der Waals surface area contributed by atoms with Gasteiger partial charge in [0.25, 0.3) is 5.56 Å². The molecule has 14 heteroatoms. The number of aromatic nitrogens is 4. The van der Waals surface area contributed by atoms with Crippen LogP contribution in [-0.4, -0.2) is 25.7 Å². The van der Waals surface area contributed by atoms with Crippen LogP contribution in [0.25, 0.3) is 22.5 Å². The summed E-state index contributed by atoms with van der Waals surface area (Å²) in [6, 6.07) is 14.5. The van der Waals surface area contributed by atoms with Gasteiger partial charge >= 0.3 is 13.4 Å². The average molecular weight is 569 g/mol. The maximum Gasteiger partial charge on any atom is 0.519 e. The average Bonchev–Trinajstić information content (AvgIpc) is 3.52. The Morgan fingerprint density at radius 2 is 1.82 bits per heavy atom. The van der Waals surface area contributed by atoms with E-state index in [0.29, 0.717) is 36.2 Å². The second kappa shape index (κ2) is 11.8. The lowest BCUT2D eigenvalue weighted by molar-refractivity contribution is 0.178. The first-order valence-electron chi connectivity index (χ1n) is 12.3. The Hall–Kier alpha value is -4.32. The predicted molar refractivity (Wildman–Crippen MR) is 143 cm³/mol. The third-order valence-electron chi connectivity index (χ3n) is 5.96. The molecule has 0 spiro atoms. The topological polar surface area (TPSA) is 168 Å². The highest BCUT2D eigenvalue weighted by Crippen LogP contribution is 2.51. The molecule has 0 radical (unpaired) electrons. The van der Waals surface area contributed by atoms with Crippen molar-refractivity contribution in [3.8, 4) is 11.3 Å². The molecule has 40 heavy (non-hydrogen) atoms. The van der Waals surface area contributed by atoms with Gasteiger partial charge in [-0.25, -0.2) is 14.2 Å². The fraction of sp³-hybridized carbons (Fsp3) is 0.231. The molecular formula is C26H25FN5O7P. The summed E-state index contributed by atoms with van der Waals surface area (Å²) in [5.74, 6) is -1.18. The van der Waals surface area contributed by atoms with Crippen LogP contribution in [0.4, 0.5) is 10.3 Å². The second-order valence-corrected chi connectivity index (χ2v) is 11.0. The molecule has 5 rings (SSSR count). The number of hydrogen-bond acceptors (Lipinski definition) is 10. The molecule has 0 amide bonds. The van der Waals surface area contributed by atoms with Crippen molar-refractivity contribution in [3.63, 3.8) is 0 Å². The lowest BCUT2D eigenvalue weighted by Gasteiger charge is -2.18. The molecule has 3 heterocycles. The van der Waals surface area contributed by atoms with Gasteiger partial charge in [-0.15, -0.1) is 0 Å². The molecule has 5 aromatic rings. The molecule has 1 atom stereocenters. The third kappa shape index (κ3) is 6.45. The van der Waals surface area contributed by atoms with Gasteiger partial charge in [0.2, 0.25) is 5.95 Å². The molecule has 0 saturated carbocycles. The quantitative estimate of drug-likeness (QED) is 0.162. The second-order valence-electron chi connectivity index (χ2n) is 8.85. The molecule has 1 unspecified atom stereocenters. The van der Waals surface area contributed by atoms with Gasteiger partial charge in [0.1, 0.15) is 12.4 Å². The van der Waals surface area contributed by atoms with E-state index in [2.05, 4.69) is 15.0 Å². The minimum Gasteiger partial charge on any atom is -0.393 e. The number of nitrogens with two attached hydrogens (primary N) is 1. The monoisotopic (exact) mass is 569 g/mol. The van der Waals surface area contributed by atoms with Crippen LogP contribution in [0.2, 0.25) is 0 Å². The molecule has 208 valence electrons. The van der Waals surface area contributed by atoms with E-state index in [1.807, 2.05) is 6.07 Å². The normalized spacial score (nSPS) is 13.0. The Kier molecular flexibility index (Phi) is 8.06. The lowest BCUT2D eigenvalue weighted by Crippen LogP contribution is -2.12. The largest absolute Gasteiger partial charge is 0.519 e. The highest BCUT2D eigenvalue weighted by atomic mass is 31.2. The van der Waals surface area contributed by atoms with Crippen molar-refractivity contribution in [2.24, 2.45) is 0 Å². The fourth-order valence-electron chi connectivity index (χ4n) is 4.06. The summed E-state index contributed by atoms with van der Waals surface area (Å²) >= 11 is 0.